The van der Waals surface area contributed by atoms with Gasteiger partial charge in [0.1, 0.15) is 0 Å². The van der Waals surface area contributed by atoms with E-state index in [1.807, 2.05) is 24.3 Å². The summed E-state index contributed by atoms with van der Waals surface area (Å²) in [5.41, 5.74) is 1.13. The van der Waals surface area contributed by atoms with Gasteiger partial charge in [-0.05, 0) is 30.0 Å². The molecule has 20 heavy (non-hydrogen) atoms. The topological polar surface area (TPSA) is 48.2 Å². The zero-order valence-corrected chi connectivity index (χ0v) is 12.1. The van der Waals surface area contributed by atoms with Gasteiger partial charge in [0.05, 0.1) is 0 Å². The molecule has 0 aliphatic carbocycles. The van der Waals surface area contributed by atoms with Crippen molar-refractivity contribution in [3.05, 3.63) is 46.6 Å². The van der Waals surface area contributed by atoms with Gasteiger partial charge in [0, 0.05) is 30.6 Å². The summed E-state index contributed by atoms with van der Waals surface area (Å²) in [6.45, 7) is 3.69. The third-order valence-electron chi connectivity index (χ3n) is 3.72. The Bertz CT molecular complexity index is 568. The van der Waals surface area contributed by atoms with Crippen LogP contribution in [0.5, 0.6) is 0 Å². The molecule has 5 heteroatoms. The molecule has 0 unspecified atom stereocenters. The van der Waals surface area contributed by atoms with E-state index in [1.165, 1.54) is 0 Å². The Morgan fingerprint density at radius 3 is 2.85 bits per heavy atom. The molecule has 1 aromatic carbocycles. The van der Waals surface area contributed by atoms with Crippen LogP contribution in [-0.2, 0) is 11.2 Å². The van der Waals surface area contributed by atoms with Gasteiger partial charge in [-0.25, -0.2) is 0 Å². The molecule has 0 radical (unpaired) electrons. The van der Waals surface area contributed by atoms with Crippen LogP contribution in [0.15, 0.2) is 28.8 Å². The monoisotopic (exact) mass is 292 g/mol. The highest BCUT2D eigenvalue weighted by Gasteiger charge is 2.28. The van der Waals surface area contributed by atoms with E-state index in [-0.39, 0.29) is 0 Å². The molecule has 1 fully saturated rings. The van der Waals surface area contributed by atoms with Crippen LogP contribution in [0.2, 0.25) is 5.02 Å². The Labute approximate surface area is 123 Å². The molecule has 1 aliphatic rings. The van der Waals surface area contributed by atoms with Crippen LogP contribution in [0.4, 0.5) is 0 Å². The second-order valence-electron chi connectivity index (χ2n) is 5.30. The molecule has 2 atom stereocenters. The molecule has 0 bridgehead atoms. The van der Waals surface area contributed by atoms with E-state index in [2.05, 4.69) is 17.1 Å². The highest BCUT2D eigenvalue weighted by molar-refractivity contribution is 6.30. The average Bonchev–Trinajstić information content (AvgIpc) is 2.90. The van der Waals surface area contributed by atoms with E-state index in [4.69, 9.17) is 20.9 Å². The number of ether oxygens (including phenoxy) is 1. The molecule has 0 amide bonds. The molecule has 106 valence electrons. The quantitative estimate of drug-likeness (QED) is 0.869. The third-order valence-corrected chi connectivity index (χ3v) is 3.97. The number of hydrogen-bond donors (Lipinski definition) is 0. The Balaban J connectivity index is 1.71. The van der Waals surface area contributed by atoms with E-state index in [0.717, 1.165) is 41.9 Å². The lowest BCUT2D eigenvalue weighted by Crippen LogP contribution is -2.23. The van der Waals surface area contributed by atoms with E-state index in [9.17, 15) is 0 Å². The predicted molar refractivity (Wildman–Crippen MR) is 75.9 cm³/mol. The van der Waals surface area contributed by atoms with Gasteiger partial charge in [-0.15, -0.1) is 0 Å². The maximum atomic E-state index is 5.87. The van der Waals surface area contributed by atoms with Gasteiger partial charge < -0.3 is 9.26 Å². The predicted octanol–water partition coefficient (Wildman–Crippen LogP) is 3.45. The minimum atomic E-state index is 0.315. The van der Waals surface area contributed by atoms with Crippen LogP contribution < -0.4 is 0 Å². The second kappa shape index (κ2) is 5.94. The van der Waals surface area contributed by atoms with E-state index >= 15 is 0 Å². The maximum Gasteiger partial charge on any atom is 0.230 e. The fourth-order valence-electron chi connectivity index (χ4n) is 2.52. The van der Waals surface area contributed by atoms with Crippen molar-refractivity contribution in [3.63, 3.8) is 0 Å². The van der Waals surface area contributed by atoms with E-state index in [1.54, 1.807) is 0 Å². The molecule has 4 nitrogen and oxygen atoms in total. The molecule has 0 N–H and O–H groups in total. The van der Waals surface area contributed by atoms with Gasteiger partial charge in [0.2, 0.25) is 5.89 Å². The maximum absolute atomic E-state index is 5.87. The Hall–Kier alpha value is -1.39. The van der Waals surface area contributed by atoms with Crippen molar-refractivity contribution in [3.8, 4) is 0 Å². The molecular weight excluding hydrogens is 276 g/mol. The summed E-state index contributed by atoms with van der Waals surface area (Å²) < 4.78 is 10.9. The lowest BCUT2D eigenvalue weighted by atomic mass is 9.90. The first-order chi connectivity index (χ1) is 9.72. The molecule has 1 saturated heterocycles. The lowest BCUT2D eigenvalue weighted by Gasteiger charge is -2.25. The summed E-state index contributed by atoms with van der Waals surface area (Å²) in [5.74, 6) is 2.20. The summed E-state index contributed by atoms with van der Waals surface area (Å²) in [6.07, 6.45) is 1.61. The fraction of sp³-hybridized carbons (Fsp3) is 0.467. The van der Waals surface area contributed by atoms with Gasteiger partial charge in [0.25, 0.3) is 0 Å². The van der Waals surface area contributed by atoms with Crippen LogP contribution in [0.3, 0.4) is 0 Å². The molecule has 3 rings (SSSR count). The minimum Gasteiger partial charge on any atom is -0.381 e. The first-order valence-electron chi connectivity index (χ1n) is 6.87. The van der Waals surface area contributed by atoms with Gasteiger partial charge >= 0.3 is 0 Å². The second-order valence-corrected chi connectivity index (χ2v) is 5.74. The summed E-state index contributed by atoms with van der Waals surface area (Å²) in [5, 5.41) is 4.82. The zero-order chi connectivity index (χ0) is 13.9. The molecule has 2 aromatic rings. The minimum absolute atomic E-state index is 0.315. The number of rotatable bonds is 3. The Morgan fingerprint density at radius 2 is 2.10 bits per heavy atom. The van der Waals surface area contributed by atoms with Gasteiger partial charge in [-0.1, -0.05) is 35.8 Å². The lowest BCUT2D eigenvalue weighted by molar-refractivity contribution is 0.0392. The molecule has 0 saturated carbocycles. The number of nitrogens with zero attached hydrogens (tertiary/aromatic N) is 2. The number of benzene rings is 1. The van der Waals surface area contributed by atoms with Crippen molar-refractivity contribution >= 4 is 11.6 Å². The largest absolute Gasteiger partial charge is 0.381 e. The van der Waals surface area contributed by atoms with Crippen molar-refractivity contribution in [1.82, 2.24) is 10.1 Å². The molecular formula is C15H17ClN2O2. The van der Waals surface area contributed by atoms with Crippen LogP contribution >= 0.6 is 11.6 Å². The first-order valence-corrected chi connectivity index (χ1v) is 7.25. The molecule has 2 heterocycles. The van der Waals surface area contributed by atoms with E-state index in [0.29, 0.717) is 18.3 Å². The standard InChI is InChI=1S/C15H17ClN2O2/c1-10-9-19-7-6-13(10)15-17-14(18-20-15)8-11-2-4-12(16)5-3-11/h2-5,10,13H,6-9H2,1H3/t10-,13-/m0/s1. The molecule has 0 spiro atoms. The van der Waals surface area contributed by atoms with Gasteiger partial charge in [-0.3, -0.25) is 0 Å². The highest BCUT2D eigenvalue weighted by atomic mass is 35.5. The van der Waals surface area contributed by atoms with Crippen LogP contribution in [-0.4, -0.2) is 23.4 Å². The molecule has 1 aliphatic heterocycles. The summed E-state index contributed by atoms with van der Waals surface area (Å²) >= 11 is 5.87. The number of halogens is 1. The fourth-order valence-corrected chi connectivity index (χ4v) is 2.65. The van der Waals surface area contributed by atoms with Crippen molar-refractivity contribution in [1.29, 1.82) is 0 Å². The third kappa shape index (κ3) is 3.02. The van der Waals surface area contributed by atoms with E-state index < -0.39 is 0 Å². The number of aromatic nitrogens is 2. The van der Waals surface area contributed by atoms with Crippen molar-refractivity contribution in [2.75, 3.05) is 13.2 Å². The SMILES string of the molecule is C[C@H]1COCC[C@@H]1c1nc(Cc2ccc(Cl)cc2)no1. The zero-order valence-electron chi connectivity index (χ0n) is 11.4. The van der Waals surface area contributed by atoms with Crippen LogP contribution in [0, 0.1) is 5.92 Å². The Morgan fingerprint density at radius 1 is 1.30 bits per heavy atom. The average molecular weight is 293 g/mol. The van der Waals surface area contributed by atoms with Crippen LogP contribution in [0.1, 0.15) is 36.5 Å². The summed E-state index contributed by atoms with van der Waals surface area (Å²) in [7, 11) is 0. The number of hydrogen-bond acceptors (Lipinski definition) is 4. The Kier molecular flexibility index (Phi) is 4.03. The van der Waals surface area contributed by atoms with Crippen LogP contribution in [0.25, 0.3) is 0 Å². The van der Waals surface area contributed by atoms with Gasteiger partial charge in [-0.2, -0.15) is 4.98 Å². The molecule has 1 aromatic heterocycles. The van der Waals surface area contributed by atoms with Crippen molar-refractivity contribution in [2.45, 2.75) is 25.7 Å². The van der Waals surface area contributed by atoms with Crippen molar-refractivity contribution in [2.24, 2.45) is 5.92 Å². The normalized spacial score (nSPS) is 22.9. The highest BCUT2D eigenvalue weighted by Crippen LogP contribution is 2.30. The first kappa shape index (κ1) is 13.6. The summed E-state index contributed by atoms with van der Waals surface area (Å²) in [6, 6.07) is 7.71. The van der Waals surface area contributed by atoms with Crippen molar-refractivity contribution < 1.29 is 9.26 Å². The summed E-state index contributed by atoms with van der Waals surface area (Å²) in [4.78, 5) is 4.54. The van der Waals surface area contributed by atoms with Gasteiger partial charge in [0.15, 0.2) is 5.82 Å². The smallest absolute Gasteiger partial charge is 0.230 e.